The first kappa shape index (κ1) is 6.52. The van der Waals surface area contributed by atoms with Crippen LogP contribution in [-0.2, 0) is 5.11 Å². The number of rotatable bonds is 3. The second kappa shape index (κ2) is 5.52. The van der Waals surface area contributed by atoms with Crippen LogP contribution in [0.3, 0.4) is 0 Å². The third kappa shape index (κ3) is 5.52. The van der Waals surface area contributed by atoms with Crippen molar-refractivity contribution in [2.24, 2.45) is 0 Å². The van der Waals surface area contributed by atoms with Gasteiger partial charge in [-0.2, -0.15) is 0 Å². The van der Waals surface area contributed by atoms with Crippen LogP contribution < -0.4 is 0 Å². The van der Waals surface area contributed by atoms with Crippen molar-refractivity contribution < 1.29 is 5.11 Å². The average Bonchev–Trinajstić information content (AvgIpc) is 1.69. The summed E-state index contributed by atoms with van der Waals surface area (Å²) in [5, 5.41) is 9.74. The predicted molar refractivity (Wildman–Crippen MR) is 28.2 cm³/mol. The van der Waals surface area contributed by atoms with Crippen LogP contribution in [0.1, 0.15) is 19.3 Å². The number of hydrogen-bond acceptors (Lipinski definition) is 0. The van der Waals surface area contributed by atoms with Gasteiger partial charge in [-0.15, -0.1) is 12.3 Å². The predicted octanol–water partition coefficient (Wildman–Crippen LogP) is 1.22. The maximum absolute atomic E-state index is 9.74. The summed E-state index contributed by atoms with van der Waals surface area (Å²) in [6.45, 7) is 0.0156. The third-order valence-electron chi connectivity index (χ3n) is 0.715. The van der Waals surface area contributed by atoms with E-state index in [1.165, 1.54) is 0 Å². The van der Waals surface area contributed by atoms with Gasteiger partial charge in [0.1, 0.15) is 0 Å². The Labute approximate surface area is 44.4 Å². The highest BCUT2D eigenvalue weighted by atomic mass is 16.2. The Morgan fingerprint density at radius 1 is 1.43 bits per heavy atom. The van der Waals surface area contributed by atoms with E-state index >= 15 is 0 Å². The Morgan fingerprint density at radius 2 is 2.14 bits per heavy atom. The van der Waals surface area contributed by atoms with Crippen molar-refractivity contribution in [3.8, 4) is 12.3 Å². The lowest BCUT2D eigenvalue weighted by molar-refractivity contribution is 0.187. The molecule has 0 aromatic carbocycles. The lowest BCUT2D eigenvalue weighted by Crippen LogP contribution is -1.77. The molecule has 1 radical (unpaired) electrons. The van der Waals surface area contributed by atoms with E-state index in [0.29, 0.717) is 0 Å². The van der Waals surface area contributed by atoms with Gasteiger partial charge in [0, 0.05) is 6.42 Å². The monoisotopic (exact) mass is 97.1 g/mol. The van der Waals surface area contributed by atoms with Crippen LogP contribution in [0.15, 0.2) is 0 Å². The Hall–Kier alpha value is -0.480. The normalized spacial score (nSPS) is 8.00. The van der Waals surface area contributed by atoms with E-state index in [0.717, 1.165) is 19.3 Å². The van der Waals surface area contributed by atoms with Crippen molar-refractivity contribution in [3.05, 3.63) is 0 Å². The van der Waals surface area contributed by atoms with Crippen molar-refractivity contribution >= 4 is 0 Å². The largest absolute Gasteiger partial charge is 0.237 e. The first-order valence-electron chi connectivity index (χ1n) is 2.43. The topological polar surface area (TPSA) is 19.9 Å². The fraction of sp³-hybridized carbons (Fsp3) is 0.667. The first-order chi connectivity index (χ1) is 3.41. The zero-order valence-corrected chi connectivity index (χ0v) is 4.31. The lowest BCUT2D eigenvalue weighted by atomic mass is 10.2. The van der Waals surface area contributed by atoms with Gasteiger partial charge in [0.2, 0.25) is 0 Å². The molecule has 7 heavy (non-hydrogen) atoms. The van der Waals surface area contributed by atoms with Crippen LogP contribution in [0.5, 0.6) is 0 Å². The van der Waals surface area contributed by atoms with Gasteiger partial charge in [0.25, 0.3) is 0 Å². The molecule has 0 amide bonds. The fourth-order valence-electron chi connectivity index (χ4n) is 0.329. The van der Waals surface area contributed by atoms with Crippen LogP contribution in [0.4, 0.5) is 0 Å². The summed E-state index contributed by atoms with van der Waals surface area (Å²) in [5.41, 5.74) is 0. The molecule has 0 aliphatic carbocycles. The molecule has 0 aliphatic rings. The Kier molecular flexibility index (Phi) is 5.14. The van der Waals surface area contributed by atoms with Crippen LogP contribution in [0.2, 0.25) is 0 Å². The Bertz CT molecular complexity index is 61.1. The van der Waals surface area contributed by atoms with Gasteiger partial charge in [-0.25, -0.2) is 5.11 Å². The molecule has 0 bridgehead atoms. The van der Waals surface area contributed by atoms with E-state index in [-0.39, 0.29) is 6.61 Å². The zero-order chi connectivity index (χ0) is 5.54. The van der Waals surface area contributed by atoms with E-state index < -0.39 is 0 Å². The molecule has 0 saturated carbocycles. The van der Waals surface area contributed by atoms with E-state index in [9.17, 15) is 5.11 Å². The molecule has 0 aliphatic heterocycles. The van der Waals surface area contributed by atoms with Gasteiger partial charge >= 0.3 is 0 Å². The van der Waals surface area contributed by atoms with Crippen LogP contribution in [-0.4, -0.2) is 6.61 Å². The SMILES string of the molecule is C#CCCCC[O]. The highest BCUT2D eigenvalue weighted by Crippen LogP contribution is 1.90. The first-order valence-corrected chi connectivity index (χ1v) is 2.43. The molecule has 0 saturated heterocycles. The summed E-state index contributed by atoms with van der Waals surface area (Å²) in [6.07, 6.45) is 7.28. The highest BCUT2D eigenvalue weighted by molar-refractivity contribution is 4.82. The van der Waals surface area contributed by atoms with E-state index in [2.05, 4.69) is 5.92 Å². The summed E-state index contributed by atoms with van der Waals surface area (Å²) >= 11 is 0. The van der Waals surface area contributed by atoms with Gasteiger partial charge in [-0.1, -0.05) is 0 Å². The van der Waals surface area contributed by atoms with Gasteiger partial charge < -0.3 is 0 Å². The number of unbranched alkanes of at least 4 members (excludes halogenated alkanes) is 2. The zero-order valence-electron chi connectivity index (χ0n) is 4.31. The van der Waals surface area contributed by atoms with E-state index in [1.807, 2.05) is 0 Å². The maximum Gasteiger partial charge on any atom is 0.0822 e. The summed E-state index contributed by atoms with van der Waals surface area (Å²) in [5.74, 6) is 2.46. The van der Waals surface area contributed by atoms with Crippen molar-refractivity contribution in [2.75, 3.05) is 6.61 Å². The second-order valence-corrected chi connectivity index (χ2v) is 1.37. The fourth-order valence-corrected chi connectivity index (χ4v) is 0.329. The molecule has 39 valence electrons. The van der Waals surface area contributed by atoms with Crippen LogP contribution in [0, 0.1) is 12.3 Å². The van der Waals surface area contributed by atoms with Crippen molar-refractivity contribution in [2.45, 2.75) is 19.3 Å². The molecule has 0 fully saturated rings. The summed E-state index contributed by atoms with van der Waals surface area (Å²) in [6, 6.07) is 0. The smallest absolute Gasteiger partial charge is 0.0822 e. The molecule has 0 unspecified atom stereocenters. The van der Waals surface area contributed by atoms with Crippen molar-refractivity contribution in [3.63, 3.8) is 0 Å². The van der Waals surface area contributed by atoms with Crippen molar-refractivity contribution in [1.29, 1.82) is 0 Å². The molecule has 0 aromatic heterocycles. The Balaban J connectivity index is 2.60. The lowest BCUT2D eigenvalue weighted by Gasteiger charge is -1.84. The molecule has 0 heterocycles. The Morgan fingerprint density at radius 3 is 2.57 bits per heavy atom. The molecular formula is C6H9O. The minimum Gasteiger partial charge on any atom is -0.237 e. The van der Waals surface area contributed by atoms with Gasteiger partial charge in [0.15, 0.2) is 0 Å². The number of terminal acetylenes is 1. The molecule has 0 spiro atoms. The molecule has 0 rings (SSSR count). The molecular weight excluding hydrogens is 88.1 g/mol. The van der Waals surface area contributed by atoms with E-state index in [1.54, 1.807) is 0 Å². The van der Waals surface area contributed by atoms with E-state index in [4.69, 9.17) is 6.42 Å². The minimum absolute atomic E-state index is 0.0156. The second-order valence-electron chi connectivity index (χ2n) is 1.37. The molecule has 0 N–H and O–H groups in total. The average molecular weight is 97.1 g/mol. The number of hydrogen-bond donors (Lipinski definition) is 0. The summed E-state index contributed by atoms with van der Waals surface area (Å²) in [4.78, 5) is 0. The third-order valence-corrected chi connectivity index (χ3v) is 0.715. The highest BCUT2D eigenvalue weighted by Gasteiger charge is 1.80. The molecule has 0 aromatic rings. The quantitative estimate of drug-likeness (QED) is 0.373. The van der Waals surface area contributed by atoms with Crippen LogP contribution in [0.25, 0.3) is 0 Å². The summed E-state index contributed by atoms with van der Waals surface area (Å²) in [7, 11) is 0. The van der Waals surface area contributed by atoms with Gasteiger partial charge in [0.05, 0.1) is 6.61 Å². The minimum atomic E-state index is 0.0156. The summed E-state index contributed by atoms with van der Waals surface area (Å²) < 4.78 is 0. The molecule has 0 atom stereocenters. The van der Waals surface area contributed by atoms with Crippen LogP contribution >= 0.6 is 0 Å². The van der Waals surface area contributed by atoms with Gasteiger partial charge in [-0.3, -0.25) is 0 Å². The van der Waals surface area contributed by atoms with Crippen molar-refractivity contribution in [1.82, 2.24) is 0 Å². The standard InChI is InChI=1S/C6H9O/c1-2-3-4-5-6-7/h1H,3-6H2. The van der Waals surface area contributed by atoms with Gasteiger partial charge in [-0.05, 0) is 12.8 Å². The molecule has 1 heteroatoms. The maximum atomic E-state index is 9.74. The molecule has 1 nitrogen and oxygen atoms in total.